The molecule has 5 heteroatoms. The molecule has 0 spiro atoms. The molecule has 138 valence electrons. The maximum absolute atomic E-state index is 12.3. The predicted octanol–water partition coefficient (Wildman–Crippen LogP) is 4.47. The summed E-state index contributed by atoms with van der Waals surface area (Å²) in [6.45, 7) is -0.224. The molecule has 1 heterocycles. The largest absolute Gasteiger partial charge is 0.456 e. The van der Waals surface area contributed by atoms with Crippen LogP contribution in [0.2, 0.25) is 0 Å². The number of thiophene rings is 1. The number of ether oxygens (including phenoxy) is 1. The number of hydrogen-bond donors (Lipinski definition) is 1. The summed E-state index contributed by atoms with van der Waals surface area (Å²) in [5.74, 6) is 0.0959. The molecule has 1 atom stereocenters. The number of amides is 1. The maximum Gasteiger partial charge on any atom is 0.306 e. The predicted molar refractivity (Wildman–Crippen MR) is 103 cm³/mol. The van der Waals surface area contributed by atoms with Crippen LogP contribution in [-0.4, -0.2) is 18.5 Å². The van der Waals surface area contributed by atoms with Crippen LogP contribution in [-0.2, 0) is 14.3 Å². The molecular weight excluding hydrogens is 346 g/mol. The second-order valence-electron chi connectivity index (χ2n) is 6.78. The van der Waals surface area contributed by atoms with Crippen LogP contribution in [0.4, 0.5) is 0 Å². The van der Waals surface area contributed by atoms with Gasteiger partial charge in [-0.05, 0) is 29.3 Å². The van der Waals surface area contributed by atoms with Crippen LogP contribution < -0.4 is 5.32 Å². The quantitative estimate of drug-likeness (QED) is 0.697. The Kier molecular flexibility index (Phi) is 6.83. The topological polar surface area (TPSA) is 55.4 Å². The first kappa shape index (κ1) is 18.6. The Labute approximate surface area is 158 Å². The number of carbonyl (C=O) groups excluding carboxylic acids is 2. The van der Waals surface area contributed by atoms with Crippen molar-refractivity contribution in [2.45, 2.75) is 44.6 Å². The monoisotopic (exact) mass is 371 g/mol. The maximum atomic E-state index is 12.3. The lowest BCUT2D eigenvalue weighted by molar-refractivity contribution is -0.148. The third-order valence-corrected chi connectivity index (χ3v) is 5.80. The molecule has 3 rings (SSSR count). The van der Waals surface area contributed by atoms with Crippen LogP contribution in [0.15, 0.2) is 47.8 Å². The molecule has 0 aliphatic heterocycles. The summed E-state index contributed by atoms with van der Waals surface area (Å²) >= 11 is 1.59. The van der Waals surface area contributed by atoms with Gasteiger partial charge in [0.2, 0.25) is 0 Å². The molecule has 1 unspecified atom stereocenters. The Bertz CT molecular complexity index is 693. The van der Waals surface area contributed by atoms with Gasteiger partial charge in [0.15, 0.2) is 6.61 Å². The zero-order valence-corrected chi connectivity index (χ0v) is 15.7. The van der Waals surface area contributed by atoms with E-state index in [0.29, 0.717) is 12.3 Å². The van der Waals surface area contributed by atoms with Crippen molar-refractivity contribution in [1.29, 1.82) is 0 Å². The molecule has 1 aromatic heterocycles. The molecule has 0 bridgehead atoms. The standard InChI is InChI=1S/C21H25NO3S/c23-19(15-25-20(24)13-12-16-7-4-5-8-16)22-21(18-11-6-14-26-18)17-9-2-1-3-10-17/h1-3,6,9-11,14,16,21H,4-5,7-8,12-13,15H2,(H,22,23). The summed E-state index contributed by atoms with van der Waals surface area (Å²) in [6, 6.07) is 13.6. The molecular formula is C21H25NO3S. The normalized spacial score (nSPS) is 15.5. The zero-order chi connectivity index (χ0) is 18.2. The lowest BCUT2D eigenvalue weighted by Crippen LogP contribution is -2.32. The number of rotatable bonds is 8. The van der Waals surface area contributed by atoms with Crippen molar-refractivity contribution in [3.05, 3.63) is 58.3 Å². The van der Waals surface area contributed by atoms with Crippen LogP contribution >= 0.6 is 11.3 Å². The van der Waals surface area contributed by atoms with Gasteiger partial charge in [-0.3, -0.25) is 9.59 Å². The van der Waals surface area contributed by atoms with E-state index in [0.717, 1.165) is 16.9 Å². The van der Waals surface area contributed by atoms with Crippen molar-refractivity contribution in [1.82, 2.24) is 5.32 Å². The number of esters is 1. The van der Waals surface area contributed by atoms with E-state index < -0.39 is 0 Å². The van der Waals surface area contributed by atoms with Crippen LogP contribution in [0.5, 0.6) is 0 Å². The van der Waals surface area contributed by atoms with E-state index in [1.165, 1.54) is 25.7 Å². The minimum atomic E-state index is -0.278. The van der Waals surface area contributed by atoms with Crippen molar-refractivity contribution in [2.24, 2.45) is 5.92 Å². The summed E-state index contributed by atoms with van der Waals surface area (Å²) in [5.41, 5.74) is 1.01. The van der Waals surface area contributed by atoms with Gasteiger partial charge >= 0.3 is 5.97 Å². The molecule has 1 fully saturated rings. The van der Waals surface area contributed by atoms with Crippen molar-refractivity contribution in [2.75, 3.05) is 6.61 Å². The molecule has 1 aliphatic rings. The second-order valence-corrected chi connectivity index (χ2v) is 7.76. The summed E-state index contributed by atoms with van der Waals surface area (Å²) in [4.78, 5) is 25.2. The molecule has 1 aliphatic carbocycles. The first-order valence-corrected chi connectivity index (χ1v) is 10.1. The van der Waals surface area contributed by atoms with E-state index in [-0.39, 0.29) is 24.5 Å². The molecule has 1 aromatic carbocycles. The summed E-state index contributed by atoms with van der Waals surface area (Å²) in [5, 5.41) is 4.97. The van der Waals surface area contributed by atoms with E-state index >= 15 is 0 Å². The molecule has 1 saturated carbocycles. The van der Waals surface area contributed by atoms with Crippen molar-refractivity contribution in [3.8, 4) is 0 Å². The van der Waals surface area contributed by atoms with Crippen molar-refractivity contribution >= 4 is 23.2 Å². The zero-order valence-electron chi connectivity index (χ0n) is 14.9. The summed E-state index contributed by atoms with van der Waals surface area (Å²) in [7, 11) is 0. The van der Waals surface area contributed by atoms with Crippen molar-refractivity contribution < 1.29 is 14.3 Å². The molecule has 0 saturated heterocycles. The Balaban J connectivity index is 1.49. The van der Waals surface area contributed by atoms with Gasteiger partial charge < -0.3 is 10.1 Å². The van der Waals surface area contributed by atoms with Crippen LogP contribution in [0.25, 0.3) is 0 Å². The number of benzene rings is 1. The molecule has 1 amide bonds. The number of carbonyl (C=O) groups is 2. The molecule has 1 N–H and O–H groups in total. The van der Waals surface area contributed by atoms with Gasteiger partial charge in [-0.25, -0.2) is 0 Å². The lowest BCUT2D eigenvalue weighted by Gasteiger charge is -2.18. The van der Waals surface area contributed by atoms with Gasteiger partial charge in [-0.1, -0.05) is 62.1 Å². The third kappa shape index (κ3) is 5.43. The van der Waals surface area contributed by atoms with E-state index in [4.69, 9.17) is 4.74 Å². The van der Waals surface area contributed by atoms with Crippen LogP contribution in [0, 0.1) is 5.92 Å². The van der Waals surface area contributed by atoms with Gasteiger partial charge in [0.05, 0.1) is 6.04 Å². The smallest absolute Gasteiger partial charge is 0.306 e. The average Bonchev–Trinajstić information content (AvgIpc) is 3.37. The van der Waals surface area contributed by atoms with E-state index in [1.807, 2.05) is 47.8 Å². The summed E-state index contributed by atoms with van der Waals surface area (Å²) < 4.78 is 5.17. The Morgan fingerprint density at radius 3 is 2.58 bits per heavy atom. The van der Waals surface area contributed by atoms with Crippen molar-refractivity contribution in [3.63, 3.8) is 0 Å². The Hall–Kier alpha value is -2.14. The molecule has 0 radical (unpaired) electrons. The highest BCUT2D eigenvalue weighted by molar-refractivity contribution is 7.10. The first-order chi connectivity index (χ1) is 12.7. The fourth-order valence-electron chi connectivity index (χ4n) is 3.46. The van der Waals surface area contributed by atoms with Gasteiger partial charge in [0.1, 0.15) is 0 Å². The highest BCUT2D eigenvalue weighted by Crippen LogP contribution is 2.28. The minimum Gasteiger partial charge on any atom is -0.456 e. The van der Waals surface area contributed by atoms with Crippen LogP contribution in [0.1, 0.15) is 55.0 Å². The van der Waals surface area contributed by atoms with Gasteiger partial charge in [-0.15, -0.1) is 11.3 Å². The highest BCUT2D eigenvalue weighted by Gasteiger charge is 2.20. The van der Waals surface area contributed by atoms with Gasteiger partial charge in [0, 0.05) is 11.3 Å². The van der Waals surface area contributed by atoms with E-state index in [1.54, 1.807) is 11.3 Å². The first-order valence-electron chi connectivity index (χ1n) is 9.25. The lowest BCUT2D eigenvalue weighted by atomic mass is 10.0. The van der Waals surface area contributed by atoms with Gasteiger partial charge in [0.25, 0.3) is 5.91 Å². The van der Waals surface area contributed by atoms with E-state index in [2.05, 4.69) is 5.32 Å². The molecule has 2 aromatic rings. The third-order valence-electron chi connectivity index (χ3n) is 4.86. The Morgan fingerprint density at radius 1 is 1.12 bits per heavy atom. The minimum absolute atomic E-state index is 0.221. The second kappa shape index (κ2) is 9.53. The average molecular weight is 372 g/mol. The number of hydrogen-bond acceptors (Lipinski definition) is 4. The fraction of sp³-hybridized carbons (Fsp3) is 0.429. The Morgan fingerprint density at radius 2 is 1.88 bits per heavy atom. The number of nitrogens with one attached hydrogen (secondary N) is 1. The SMILES string of the molecule is O=C(COC(=O)CCC1CCCC1)NC(c1ccccc1)c1cccs1. The molecule has 26 heavy (non-hydrogen) atoms. The van der Waals surface area contributed by atoms with E-state index in [9.17, 15) is 9.59 Å². The van der Waals surface area contributed by atoms with Gasteiger partial charge in [-0.2, -0.15) is 0 Å². The fourth-order valence-corrected chi connectivity index (χ4v) is 4.26. The summed E-state index contributed by atoms with van der Waals surface area (Å²) in [6.07, 6.45) is 6.26. The van der Waals surface area contributed by atoms with Crippen LogP contribution in [0.3, 0.4) is 0 Å². The highest BCUT2D eigenvalue weighted by atomic mass is 32.1. The molecule has 4 nitrogen and oxygen atoms in total.